The summed E-state index contributed by atoms with van der Waals surface area (Å²) in [6, 6.07) is 8.08. The van der Waals surface area contributed by atoms with Gasteiger partial charge >= 0.3 is 0 Å². The zero-order chi connectivity index (χ0) is 14.5. The smallest absolute Gasteiger partial charge is 0.219 e. The summed E-state index contributed by atoms with van der Waals surface area (Å²) >= 11 is 6.02. The molecule has 0 unspecified atom stereocenters. The number of carbonyl (C=O) groups is 1. The fourth-order valence-corrected chi connectivity index (χ4v) is 2.95. The van der Waals surface area contributed by atoms with E-state index in [2.05, 4.69) is 11.0 Å². The number of hydrogen-bond acceptors (Lipinski definition) is 2. The van der Waals surface area contributed by atoms with Gasteiger partial charge in [-0.3, -0.25) is 9.69 Å². The third kappa shape index (κ3) is 4.50. The third-order valence-electron chi connectivity index (χ3n) is 4.07. The Hall–Kier alpha value is -1.06. The molecule has 1 aromatic carbocycles. The maximum Gasteiger partial charge on any atom is 0.219 e. The van der Waals surface area contributed by atoms with Crippen LogP contribution in [0.15, 0.2) is 24.3 Å². The molecule has 3 nitrogen and oxygen atoms in total. The van der Waals surface area contributed by atoms with Crippen LogP contribution in [0.5, 0.6) is 0 Å². The van der Waals surface area contributed by atoms with E-state index in [0.29, 0.717) is 5.92 Å². The second kappa shape index (κ2) is 7.09. The molecule has 0 aliphatic carbocycles. The summed E-state index contributed by atoms with van der Waals surface area (Å²) in [5, 5.41) is 0.806. The van der Waals surface area contributed by atoms with Crippen LogP contribution in [0.2, 0.25) is 5.02 Å². The predicted octanol–water partition coefficient (Wildman–Crippen LogP) is 3.03. The van der Waals surface area contributed by atoms with Crippen molar-refractivity contribution in [1.29, 1.82) is 0 Å². The summed E-state index contributed by atoms with van der Waals surface area (Å²) in [5.74, 6) is 0.797. The Balaban J connectivity index is 1.78. The van der Waals surface area contributed by atoms with Gasteiger partial charge in [0.1, 0.15) is 0 Å². The Labute approximate surface area is 126 Å². The predicted molar refractivity (Wildman–Crippen MR) is 82.8 cm³/mol. The lowest BCUT2D eigenvalue weighted by atomic mass is 9.96. The molecule has 4 heteroatoms. The van der Waals surface area contributed by atoms with E-state index in [-0.39, 0.29) is 5.91 Å². The molecule has 2 rings (SSSR count). The van der Waals surface area contributed by atoms with E-state index in [9.17, 15) is 4.79 Å². The maximum absolute atomic E-state index is 11.3. The minimum atomic E-state index is 0.159. The molecular formula is C16H23ClN2O. The number of amides is 1. The molecular weight excluding hydrogens is 272 g/mol. The molecule has 1 aliphatic heterocycles. The molecule has 0 aromatic heterocycles. The Morgan fingerprint density at radius 2 is 2.10 bits per heavy atom. The fraction of sp³-hybridized carbons (Fsp3) is 0.562. The summed E-state index contributed by atoms with van der Waals surface area (Å²) in [5.41, 5.74) is 1.27. The summed E-state index contributed by atoms with van der Waals surface area (Å²) in [6.07, 6.45) is 2.33. The number of nitrogens with zero attached hydrogens (tertiary/aromatic N) is 2. The number of hydrogen-bond donors (Lipinski definition) is 0. The first-order chi connectivity index (χ1) is 9.54. The van der Waals surface area contributed by atoms with Crippen LogP contribution in [0, 0.1) is 5.92 Å². The minimum Gasteiger partial charge on any atom is -0.346 e. The molecule has 1 heterocycles. The number of rotatable bonds is 4. The second-order valence-corrected chi connectivity index (χ2v) is 6.19. The first kappa shape index (κ1) is 15.3. The van der Waals surface area contributed by atoms with Crippen LogP contribution in [0.4, 0.5) is 0 Å². The highest BCUT2D eigenvalue weighted by Crippen LogP contribution is 2.20. The number of benzene rings is 1. The zero-order valence-electron chi connectivity index (χ0n) is 12.3. The largest absolute Gasteiger partial charge is 0.346 e. The van der Waals surface area contributed by atoms with Gasteiger partial charge in [0.05, 0.1) is 0 Å². The van der Waals surface area contributed by atoms with Crippen molar-refractivity contribution in [2.75, 3.05) is 26.7 Å². The van der Waals surface area contributed by atoms with E-state index in [1.807, 2.05) is 30.1 Å². The van der Waals surface area contributed by atoms with Gasteiger partial charge in [0, 0.05) is 32.1 Å². The average Bonchev–Trinajstić information content (AvgIpc) is 2.41. The van der Waals surface area contributed by atoms with Gasteiger partial charge in [0.25, 0.3) is 0 Å². The Morgan fingerprint density at radius 1 is 1.40 bits per heavy atom. The molecule has 20 heavy (non-hydrogen) atoms. The van der Waals surface area contributed by atoms with Gasteiger partial charge in [-0.05, 0) is 49.5 Å². The number of carbonyl (C=O) groups excluding carboxylic acids is 1. The third-order valence-corrected chi connectivity index (χ3v) is 4.31. The molecule has 0 saturated carbocycles. The van der Waals surface area contributed by atoms with Crippen molar-refractivity contribution in [3.63, 3.8) is 0 Å². The van der Waals surface area contributed by atoms with Gasteiger partial charge in [0.15, 0.2) is 0 Å². The van der Waals surface area contributed by atoms with Gasteiger partial charge in [-0.2, -0.15) is 0 Å². The molecule has 1 saturated heterocycles. The van der Waals surface area contributed by atoms with E-state index < -0.39 is 0 Å². The van der Waals surface area contributed by atoms with Crippen molar-refractivity contribution >= 4 is 17.5 Å². The van der Waals surface area contributed by atoms with Gasteiger partial charge in [0.2, 0.25) is 5.91 Å². The highest BCUT2D eigenvalue weighted by molar-refractivity contribution is 6.30. The summed E-state index contributed by atoms with van der Waals surface area (Å²) < 4.78 is 0. The van der Waals surface area contributed by atoms with Gasteiger partial charge in [-0.1, -0.05) is 23.7 Å². The molecule has 1 amide bonds. The standard InChI is InChI=1S/C16H23ClN2O/c1-13(20)18(2)11-14-6-8-19(9-7-14)12-15-4-3-5-16(17)10-15/h3-5,10,14H,6-9,11-12H2,1-2H3. The quantitative estimate of drug-likeness (QED) is 0.852. The summed E-state index contributed by atoms with van der Waals surface area (Å²) in [7, 11) is 1.89. The highest BCUT2D eigenvalue weighted by atomic mass is 35.5. The van der Waals surface area contributed by atoms with Gasteiger partial charge in [-0.15, -0.1) is 0 Å². The van der Waals surface area contributed by atoms with Crippen molar-refractivity contribution < 1.29 is 4.79 Å². The van der Waals surface area contributed by atoms with E-state index >= 15 is 0 Å². The highest BCUT2D eigenvalue weighted by Gasteiger charge is 2.21. The van der Waals surface area contributed by atoms with Crippen LogP contribution in [-0.2, 0) is 11.3 Å². The van der Waals surface area contributed by atoms with E-state index in [0.717, 1.165) is 44.0 Å². The van der Waals surface area contributed by atoms with Crippen LogP contribution in [0.1, 0.15) is 25.3 Å². The minimum absolute atomic E-state index is 0.159. The molecule has 0 atom stereocenters. The first-order valence-corrected chi connectivity index (χ1v) is 7.61. The lowest BCUT2D eigenvalue weighted by molar-refractivity contribution is -0.128. The van der Waals surface area contributed by atoms with Crippen molar-refractivity contribution in [3.8, 4) is 0 Å². The Morgan fingerprint density at radius 3 is 2.70 bits per heavy atom. The van der Waals surface area contributed by atoms with Crippen LogP contribution >= 0.6 is 11.6 Å². The average molecular weight is 295 g/mol. The van der Waals surface area contributed by atoms with Crippen molar-refractivity contribution in [1.82, 2.24) is 9.80 Å². The number of likely N-dealkylation sites (tertiary alicyclic amines) is 1. The van der Waals surface area contributed by atoms with Crippen LogP contribution in [0.25, 0.3) is 0 Å². The zero-order valence-corrected chi connectivity index (χ0v) is 13.1. The molecule has 0 bridgehead atoms. The monoisotopic (exact) mass is 294 g/mol. The SMILES string of the molecule is CC(=O)N(C)CC1CCN(Cc2cccc(Cl)c2)CC1. The topological polar surface area (TPSA) is 23.6 Å². The molecule has 0 N–H and O–H groups in total. The van der Waals surface area contributed by atoms with Crippen molar-refractivity contribution in [2.24, 2.45) is 5.92 Å². The molecule has 1 aliphatic rings. The number of halogens is 1. The summed E-state index contributed by atoms with van der Waals surface area (Å²) in [4.78, 5) is 15.6. The van der Waals surface area contributed by atoms with E-state index in [1.54, 1.807) is 6.92 Å². The lowest BCUT2D eigenvalue weighted by Crippen LogP contribution is -2.38. The van der Waals surface area contributed by atoms with Crippen LogP contribution in [0.3, 0.4) is 0 Å². The first-order valence-electron chi connectivity index (χ1n) is 7.23. The maximum atomic E-state index is 11.3. The van der Waals surface area contributed by atoms with Gasteiger partial charge in [-0.25, -0.2) is 0 Å². The van der Waals surface area contributed by atoms with E-state index in [4.69, 9.17) is 11.6 Å². The second-order valence-electron chi connectivity index (χ2n) is 5.75. The van der Waals surface area contributed by atoms with Crippen LogP contribution < -0.4 is 0 Å². The molecule has 110 valence electrons. The normalized spacial score (nSPS) is 17.1. The van der Waals surface area contributed by atoms with Gasteiger partial charge < -0.3 is 4.90 Å². The molecule has 0 radical (unpaired) electrons. The van der Waals surface area contributed by atoms with Crippen molar-refractivity contribution in [3.05, 3.63) is 34.9 Å². The Kier molecular flexibility index (Phi) is 5.44. The van der Waals surface area contributed by atoms with Crippen molar-refractivity contribution in [2.45, 2.75) is 26.3 Å². The summed E-state index contributed by atoms with van der Waals surface area (Å²) in [6.45, 7) is 5.69. The lowest BCUT2D eigenvalue weighted by Gasteiger charge is -2.33. The van der Waals surface area contributed by atoms with Crippen LogP contribution in [-0.4, -0.2) is 42.4 Å². The molecule has 0 spiro atoms. The number of piperidine rings is 1. The van der Waals surface area contributed by atoms with E-state index in [1.165, 1.54) is 5.56 Å². The molecule has 1 fully saturated rings. The Bertz CT molecular complexity index is 456. The fourth-order valence-electron chi connectivity index (χ4n) is 2.74. The molecule has 1 aromatic rings.